The van der Waals surface area contributed by atoms with Gasteiger partial charge in [-0.25, -0.2) is 12.7 Å². The lowest BCUT2D eigenvalue weighted by atomic mass is 10.2. The summed E-state index contributed by atoms with van der Waals surface area (Å²) in [5.41, 5.74) is 1.20. The van der Waals surface area contributed by atoms with Gasteiger partial charge in [-0.3, -0.25) is 9.59 Å². The fourth-order valence-corrected chi connectivity index (χ4v) is 3.42. The smallest absolute Gasteiger partial charge is 0.242 e. The molecule has 0 aromatic heterocycles. The summed E-state index contributed by atoms with van der Waals surface area (Å²) in [5, 5.41) is 8.97. The number of hydrogen-bond acceptors (Lipinski definition) is 6. The van der Waals surface area contributed by atoms with Gasteiger partial charge in [0.25, 0.3) is 0 Å². The SMILES string of the molecule is CCNc1ccc(S(=O)(=O)N(C)C)cc1NCC(=O)N(C)CC(=O)NC1CC1. The van der Waals surface area contributed by atoms with Crippen molar-refractivity contribution < 1.29 is 18.0 Å². The van der Waals surface area contributed by atoms with E-state index in [1.165, 1.54) is 31.1 Å². The fraction of sp³-hybridized carbons (Fsp3) is 0.556. The summed E-state index contributed by atoms with van der Waals surface area (Å²) in [6.45, 7) is 2.50. The number of likely N-dealkylation sites (N-methyl/N-ethyl adjacent to an activating group) is 1. The molecule has 0 atom stereocenters. The predicted octanol–water partition coefficient (Wildman–Crippen LogP) is 0.518. The zero-order chi connectivity index (χ0) is 20.9. The Morgan fingerprint density at radius 3 is 2.36 bits per heavy atom. The average molecular weight is 412 g/mol. The lowest BCUT2D eigenvalue weighted by Gasteiger charge is -2.19. The van der Waals surface area contributed by atoms with E-state index in [0.29, 0.717) is 17.9 Å². The molecule has 156 valence electrons. The maximum atomic E-state index is 12.4. The Labute approximate surface area is 166 Å². The third-order valence-electron chi connectivity index (χ3n) is 4.32. The summed E-state index contributed by atoms with van der Waals surface area (Å²) in [6, 6.07) is 4.94. The Morgan fingerprint density at radius 1 is 1.11 bits per heavy atom. The molecule has 10 heteroatoms. The first-order valence-electron chi connectivity index (χ1n) is 9.22. The van der Waals surface area contributed by atoms with Gasteiger partial charge in [0.2, 0.25) is 21.8 Å². The summed E-state index contributed by atoms with van der Waals surface area (Å²) < 4.78 is 25.9. The third kappa shape index (κ3) is 5.83. The van der Waals surface area contributed by atoms with Gasteiger partial charge < -0.3 is 20.9 Å². The van der Waals surface area contributed by atoms with Gasteiger partial charge in [0.15, 0.2) is 0 Å². The second-order valence-electron chi connectivity index (χ2n) is 6.97. The molecule has 1 aromatic rings. The molecule has 28 heavy (non-hydrogen) atoms. The van der Waals surface area contributed by atoms with Crippen molar-refractivity contribution in [3.8, 4) is 0 Å². The molecule has 1 aromatic carbocycles. The van der Waals surface area contributed by atoms with Gasteiger partial charge in [-0.1, -0.05) is 0 Å². The van der Waals surface area contributed by atoms with Crippen LogP contribution in [0.25, 0.3) is 0 Å². The number of hydrogen-bond donors (Lipinski definition) is 3. The lowest BCUT2D eigenvalue weighted by molar-refractivity contribution is -0.133. The quantitative estimate of drug-likeness (QED) is 0.518. The molecular weight excluding hydrogens is 382 g/mol. The number of nitrogens with zero attached hydrogens (tertiary/aromatic N) is 2. The van der Waals surface area contributed by atoms with Crippen LogP contribution in [0.2, 0.25) is 0 Å². The minimum Gasteiger partial charge on any atom is -0.384 e. The van der Waals surface area contributed by atoms with E-state index in [1.54, 1.807) is 13.1 Å². The van der Waals surface area contributed by atoms with Crippen molar-refractivity contribution in [3.63, 3.8) is 0 Å². The van der Waals surface area contributed by atoms with Crippen molar-refractivity contribution in [2.24, 2.45) is 0 Å². The molecule has 0 heterocycles. The maximum absolute atomic E-state index is 12.4. The lowest BCUT2D eigenvalue weighted by Crippen LogP contribution is -2.41. The molecule has 9 nitrogen and oxygen atoms in total. The Balaban J connectivity index is 2.05. The van der Waals surface area contributed by atoms with E-state index < -0.39 is 10.0 Å². The topological polar surface area (TPSA) is 111 Å². The molecular formula is C18H29N5O4S. The molecule has 0 unspecified atom stereocenters. The van der Waals surface area contributed by atoms with Gasteiger partial charge in [-0.05, 0) is 38.0 Å². The highest BCUT2D eigenvalue weighted by Crippen LogP contribution is 2.26. The van der Waals surface area contributed by atoms with Gasteiger partial charge in [0, 0.05) is 33.7 Å². The minimum atomic E-state index is -3.59. The molecule has 0 aliphatic heterocycles. The largest absolute Gasteiger partial charge is 0.384 e. The highest BCUT2D eigenvalue weighted by molar-refractivity contribution is 7.89. The highest BCUT2D eigenvalue weighted by atomic mass is 32.2. The molecule has 0 radical (unpaired) electrons. The van der Waals surface area contributed by atoms with Crippen molar-refractivity contribution in [2.45, 2.75) is 30.7 Å². The first kappa shape index (κ1) is 22.0. The van der Waals surface area contributed by atoms with E-state index in [4.69, 9.17) is 0 Å². The molecule has 0 spiro atoms. The molecule has 1 saturated carbocycles. The molecule has 1 aliphatic rings. The Morgan fingerprint density at radius 2 is 1.79 bits per heavy atom. The van der Waals surface area contributed by atoms with Gasteiger partial charge in [0.05, 0.1) is 29.4 Å². The zero-order valence-corrected chi connectivity index (χ0v) is 17.6. The van der Waals surface area contributed by atoms with Gasteiger partial charge in [-0.2, -0.15) is 0 Å². The number of carbonyl (C=O) groups is 2. The minimum absolute atomic E-state index is 0.00781. The molecule has 0 saturated heterocycles. The van der Waals surface area contributed by atoms with E-state index in [-0.39, 0.29) is 35.8 Å². The van der Waals surface area contributed by atoms with E-state index in [1.807, 2.05) is 6.92 Å². The van der Waals surface area contributed by atoms with Crippen molar-refractivity contribution in [3.05, 3.63) is 18.2 Å². The van der Waals surface area contributed by atoms with E-state index in [0.717, 1.165) is 17.1 Å². The summed E-state index contributed by atoms with van der Waals surface area (Å²) in [7, 11) is 0.902. The van der Waals surface area contributed by atoms with Crippen LogP contribution in [0.3, 0.4) is 0 Å². The first-order valence-corrected chi connectivity index (χ1v) is 10.7. The van der Waals surface area contributed by atoms with Crippen molar-refractivity contribution >= 4 is 33.2 Å². The summed E-state index contributed by atoms with van der Waals surface area (Å²) in [6.07, 6.45) is 1.98. The summed E-state index contributed by atoms with van der Waals surface area (Å²) >= 11 is 0. The Bertz CT molecular complexity index is 821. The van der Waals surface area contributed by atoms with Crippen molar-refractivity contribution in [1.29, 1.82) is 0 Å². The van der Waals surface area contributed by atoms with Crippen LogP contribution in [0.15, 0.2) is 23.1 Å². The first-order chi connectivity index (χ1) is 13.1. The fourth-order valence-electron chi connectivity index (χ4n) is 2.50. The monoisotopic (exact) mass is 411 g/mol. The van der Waals surface area contributed by atoms with Crippen LogP contribution in [-0.4, -0.2) is 76.3 Å². The van der Waals surface area contributed by atoms with Crippen molar-refractivity contribution in [1.82, 2.24) is 14.5 Å². The third-order valence-corrected chi connectivity index (χ3v) is 6.13. The number of nitrogens with one attached hydrogen (secondary N) is 3. The number of benzene rings is 1. The van der Waals surface area contributed by atoms with Crippen LogP contribution < -0.4 is 16.0 Å². The van der Waals surface area contributed by atoms with Crippen LogP contribution in [0, 0.1) is 0 Å². The standard InChI is InChI=1S/C18H29N5O4S/c1-5-19-15-9-8-14(28(26,27)22(2)3)10-16(15)20-11-18(25)23(4)12-17(24)21-13-6-7-13/h8-10,13,19-20H,5-7,11-12H2,1-4H3,(H,21,24). The maximum Gasteiger partial charge on any atom is 0.242 e. The molecule has 0 bridgehead atoms. The number of anilines is 2. The number of carbonyl (C=O) groups excluding carboxylic acids is 2. The van der Waals surface area contributed by atoms with Crippen molar-refractivity contribution in [2.75, 3.05) is 51.4 Å². The zero-order valence-electron chi connectivity index (χ0n) is 16.8. The Hall–Kier alpha value is -2.33. The van der Waals surface area contributed by atoms with E-state index in [2.05, 4.69) is 16.0 Å². The van der Waals surface area contributed by atoms with Crippen LogP contribution in [0.5, 0.6) is 0 Å². The average Bonchev–Trinajstić information content (AvgIpc) is 3.44. The normalized spacial score (nSPS) is 13.9. The summed E-state index contributed by atoms with van der Waals surface area (Å²) in [5.74, 6) is -0.444. The summed E-state index contributed by atoms with van der Waals surface area (Å²) in [4.78, 5) is 25.7. The van der Waals surface area contributed by atoms with Crippen LogP contribution in [0.1, 0.15) is 19.8 Å². The van der Waals surface area contributed by atoms with Gasteiger partial charge in [-0.15, -0.1) is 0 Å². The van der Waals surface area contributed by atoms with Crippen LogP contribution >= 0.6 is 0 Å². The highest BCUT2D eigenvalue weighted by Gasteiger charge is 2.24. The van der Waals surface area contributed by atoms with E-state index in [9.17, 15) is 18.0 Å². The second kappa shape index (κ2) is 9.24. The molecule has 3 N–H and O–H groups in total. The van der Waals surface area contributed by atoms with E-state index >= 15 is 0 Å². The van der Waals surface area contributed by atoms with Gasteiger partial charge >= 0.3 is 0 Å². The van der Waals surface area contributed by atoms with Gasteiger partial charge in [0.1, 0.15) is 0 Å². The molecule has 2 rings (SSSR count). The van der Waals surface area contributed by atoms with Crippen LogP contribution in [-0.2, 0) is 19.6 Å². The molecule has 1 aliphatic carbocycles. The molecule has 2 amide bonds. The van der Waals surface area contributed by atoms with Crippen LogP contribution in [0.4, 0.5) is 11.4 Å². The number of sulfonamides is 1. The molecule has 1 fully saturated rings. The number of amides is 2. The Kier molecular flexibility index (Phi) is 7.25. The second-order valence-corrected chi connectivity index (χ2v) is 9.12. The number of rotatable bonds is 10. The predicted molar refractivity (Wildman–Crippen MR) is 109 cm³/mol.